The van der Waals surface area contributed by atoms with Crippen LogP contribution in [0.15, 0.2) is 42.5 Å². The zero-order valence-corrected chi connectivity index (χ0v) is 16.1. The molecule has 0 bridgehead atoms. The molecule has 7 heteroatoms. The van der Waals surface area contributed by atoms with Gasteiger partial charge in [-0.3, -0.25) is 4.79 Å². The Morgan fingerprint density at radius 2 is 2.07 bits per heavy atom. The molecule has 1 aliphatic rings. The first kappa shape index (κ1) is 17.8. The number of thiazole rings is 1. The van der Waals surface area contributed by atoms with E-state index in [2.05, 4.69) is 18.3 Å². The molecule has 0 aliphatic carbocycles. The number of carbonyl (C=O) groups is 1. The third-order valence-electron chi connectivity index (χ3n) is 4.79. The third-order valence-corrected chi connectivity index (χ3v) is 6.01. The van der Waals surface area contributed by atoms with E-state index in [4.69, 9.17) is 14.5 Å². The largest absolute Gasteiger partial charge is 0.454 e. The van der Waals surface area contributed by atoms with Crippen LogP contribution in [0.25, 0.3) is 10.2 Å². The standard InChI is InChI=1S/C20H21N3O3S/c1-13(20-22-15-5-3-4-6-18(15)27-20)23(2)11-19(24)21-10-14-7-8-16-17(9-14)26-12-25-16/h3-9,13H,10-12H2,1-2H3,(H,21,24)/p+1/t13-/m0/s1. The molecule has 2 N–H and O–H groups in total. The van der Waals surface area contributed by atoms with Crippen molar-refractivity contribution >= 4 is 27.5 Å². The summed E-state index contributed by atoms with van der Waals surface area (Å²) in [4.78, 5) is 18.2. The number of aromatic nitrogens is 1. The number of hydrogen-bond donors (Lipinski definition) is 2. The van der Waals surface area contributed by atoms with E-state index < -0.39 is 0 Å². The Morgan fingerprint density at radius 1 is 1.26 bits per heavy atom. The summed E-state index contributed by atoms with van der Waals surface area (Å²) in [7, 11) is 2.02. The monoisotopic (exact) mass is 384 g/mol. The molecule has 0 saturated carbocycles. The smallest absolute Gasteiger partial charge is 0.275 e. The van der Waals surface area contributed by atoms with E-state index >= 15 is 0 Å². The molecule has 0 spiro atoms. The molecule has 1 amide bonds. The number of fused-ring (bicyclic) bond motifs is 2. The van der Waals surface area contributed by atoms with E-state index in [1.54, 1.807) is 11.3 Å². The molecule has 1 aromatic heterocycles. The minimum absolute atomic E-state index is 0.0122. The molecule has 4 rings (SSSR count). The normalized spacial score (nSPS) is 14.9. The van der Waals surface area contributed by atoms with Gasteiger partial charge in [0.15, 0.2) is 23.1 Å². The predicted octanol–water partition coefficient (Wildman–Crippen LogP) is 1.92. The minimum atomic E-state index is 0.0122. The van der Waals surface area contributed by atoms with Crippen molar-refractivity contribution < 1.29 is 19.2 Å². The SMILES string of the molecule is C[C@@H](c1nc2ccccc2s1)[NH+](C)CC(=O)NCc1ccc2c(c1)OCO2. The van der Waals surface area contributed by atoms with Gasteiger partial charge in [0.1, 0.15) is 6.04 Å². The van der Waals surface area contributed by atoms with E-state index in [0.29, 0.717) is 13.1 Å². The molecule has 0 radical (unpaired) electrons. The number of nitrogens with one attached hydrogen (secondary N) is 2. The molecule has 2 heterocycles. The molecule has 0 saturated heterocycles. The molecular weight excluding hydrogens is 362 g/mol. The quantitative estimate of drug-likeness (QED) is 0.682. The minimum Gasteiger partial charge on any atom is -0.454 e. The Labute approximate surface area is 161 Å². The zero-order valence-electron chi connectivity index (χ0n) is 15.3. The highest BCUT2D eigenvalue weighted by molar-refractivity contribution is 7.18. The molecule has 6 nitrogen and oxygen atoms in total. The van der Waals surface area contributed by atoms with Crippen molar-refractivity contribution in [3.8, 4) is 11.5 Å². The summed E-state index contributed by atoms with van der Waals surface area (Å²) in [5.74, 6) is 1.49. The molecule has 1 aliphatic heterocycles. The van der Waals surface area contributed by atoms with Crippen LogP contribution in [-0.4, -0.2) is 31.3 Å². The van der Waals surface area contributed by atoms with E-state index in [0.717, 1.165) is 32.5 Å². The van der Waals surface area contributed by atoms with Gasteiger partial charge < -0.3 is 19.7 Å². The van der Waals surface area contributed by atoms with Crippen molar-refractivity contribution in [3.05, 3.63) is 53.0 Å². The second kappa shape index (κ2) is 7.54. The van der Waals surface area contributed by atoms with Crippen molar-refractivity contribution in [2.24, 2.45) is 0 Å². The molecule has 2 atom stereocenters. The molecule has 27 heavy (non-hydrogen) atoms. The Kier molecular flexibility index (Phi) is 4.96. The fraction of sp³-hybridized carbons (Fsp3) is 0.300. The zero-order chi connectivity index (χ0) is 18.8. The van der Waals surface area contributed by atoms with Crippen molar-refractivity contribution in [2.75, 3.05) is 20.4 Å². The van der Waals surface area contributed by atoms with E-state index in [9.17, 15) is 4.79 Å². The number of likely N-dealkylation sites (N-methyl/N-ethyl adjacent to an activating group) is 1. The van der Waals surface area contributed by atoms with Gasteiger partial charge >= 0.3 is 0 Å². The summed E-state index contributed by atoms with van der Waals surface area (Å²) in [6, 6.07) is 14.0. The lowest BCUT2D eigenvalue weighted by atomic mass is 10.2. The Hall–Kier alpha value is -2.64. The highest BCUT2D eigenvalue weighted by atomic mass is 32.1. The average molecular weight is 384 g/mol. The molecule has 0 fully saturated rings. The number of hydrogen-bond acceptors (Lipinski definition) is 5. The number of nitrogens with zero attached hydrogens (tertiary/aromatic N) is 1. The van der Waals surface area contributed by atoms with Crippen molar-refractivity contribution in [1.82, 2.24) is 10.3 Å². The van der Waals surface area contributed by atoms with Gasteiger partial charge in [-0.25, -0.2) is 4.98 Å². The number of rotatable bonds is 6. The molecule has 1 unspecified atom stereocenters. The number of ether oxygens (including phenoxy) is 2. The van der Waals surface area contributed by atoms with Crippen LogP contribution in [0.3, 0.4) is 0 Å². The van der Waals surface area contributed by atoms with Gasteiger partial charge in [0.05, 0.1) is 17.3 Å². The van der Waals surface area contributed by atoms with Crippen LogP contribution in [0.4, 0.5) is 0 Å². The second-order valence-corrected chi connectivity index (χ2v) is 7.79. The average Bonchev–Trinajstić information content (AvgIpc) is 3.31. The van der Waals surface area contributed by atoms with E-state index in [-0.39, 0.29) is 18.7 Å². The maximum atomic E-state index is 12.4. The Balaban J connectivity index is 1.33. The number of para-hydroxylation sites is 1. The van der Waals surface area contributed by atoms with Crippen LogP contribution in [0.5, 0.6) is 11.5 Å². The summed E-state index contributed by atoms with van der Waals surface area (Å²) in [6.45, 7) is 3.22. The van der Waals surface area contributed by atoms with Gasteiger partial charge in [-0.15, -0.1) is 11.3 Å². The van der Waals surface area contributed by atoms with Gasteiger partial charge in [0.25, 0.3) is 5.91 Å². The summed E-state index contributed by atoms with van der Waals surface area (Å²) < 4.78 is 11.9. The highest BCUT2D eigenvalue weighted by Crippen LogP contribution is 2.32. The van der Waals surface area contributed by atoms with Crippen molar-refractivity contribution in [1.29, 1.82) is 0 Å². The number of amides is 1. The lowest BCUT2D eigenvalue weighted by Crippen LogP contribution is -3.10. The Morgan fingerprint density at radius 3 is 2.93 bits per heavy atom. The lowest BCUT2D eigenvalue weighted by molar-refractivity contribution is -0.902. The maximum Gasteiger partial charge on any atom is 0.275 e. The Bertz CT molecular complexity index is 939. The number of quaternary nitrogens is 1. The fourth-order valence-electron chi connectivity index (χ4n) is 3.01. The van der Waals surface area contributed by atoms with E-state index in [1.165, 1.54) is 4.70 Å². The predicted molar refractivity (Wildman–Crippen MR) is 104 cm³/mol. The van der Waals surface area contributed by atoms with Gasteiger partial charge in [-0.05, 0) is 36.8 Å². The van der Waals surface area contributed by atoms with Crippen LogP contribution in [0, 0.1) is 0 Å². The van der Waals surface area contributed by atoms with Gasteiger partial charge in [0, 0.05) is 6.54 Å². The first-order valence-electron chi connectivity index (χ1n) is 8.93. The maximum absolute atomic E-state index is 12.4. The summed E-state index contributed by atoms with van der Waals surface area (Å²) in [5, 5.41) is 4.03. The summed E-state index contributed by atoms with van der Waals surface area (Å²) in [6.07, 6.45) is 0. The van der Waals surface area contributed by atoms with Crippen LogP contribution in [0.2, 0.25) is 0 Å². The third kappa shape index (κ3) is 3.89. The highest BCUT2D eigenvalue weighted by Gasteiger charge is 2.22. The number of carbonyl (C=O) groups excluding carboxylic acids is 1. The van der Waals surface area contributed by atoms with Crippen LogP contribution in [0.1, 0.15) is 23.5 Å². The van der Waals surface area contributed by atoms with Gasteiger partial charge in [0.2, 0.25) is 6.79 Å². The molecule has 3 aromatic rings. The fourth-order valence-corrected chi connectivity index (χ4v) is 4.12. The molecular formula is C20H22N3O3S+. The van der Waals surface area contributed by atoms with Crippen molar-refractivity contribution in [3.63, 3.8) is 0 Å². The van der Waals surface area contributed by atoms with Crippen molar-refractivity contribution in [2.45, 2.75) is 19.5 Å². The first-order chi connectivity index (χ1) is 13.1. The molecule has 2 aromatic carbocycles. The molecule has 140 valence electrons. The van der Waals surface area contributed by atoms with Crippen LogP contribution in [-0.2, 0) is 11.3 Å². The van der Waals surface area contributed by atoms with Crippen LogP contribution >= 0.6 is 11.3 Å². The van der Waals surface area contributed by atoms with Gasteiger partial charge in [-0.1, -0.05) is 18.2 Å². The first-order valence-corrected chi connectivity index (χ1v) is 9.75. The number of benzene rings is 2. The summed E-state index contributed by atoms with van der Waals surface area (Å²) >= 11 is 1.69. The van der Waals surface area contributed by atoms with Gasteiger partial charge in [-0.2, -0.15) is 0 Å². The van der Waals surface area contributed by atoms with E-state index in [1.807, 2.05) is 43.4 Å². The summed E-state index contributed by atoms with van der Waals surface area (Å²) in [5.41, 5.74) is 2.01. The second-order valence-electron chi connectivity index (χ2n) is 6.73. The lowest BCUT2D eigenvalue weighted by Gasteiger charge is -2.19. The topological polar surface area (TPSA) is 64.9 Å². The van der Waals surface area contributed by atoms with Crippen LogP contribution < -0.4 is 19.7 Å².